The van der Waals surface area contributed by atoms with E-state index in [0.29, 0.717) is 28.7 Å². The lowest BCUT2D eigenvalue weighted by Crippen LogP contribution is -2.39. The standard InChI is InChI=1S/C19H27ClN2O4/c1-19(2,3)26-18(24)21-8-7-12-9-14(10-12)22-16-11-13(20)5-6-15(16)17(23)25-4/h5-6,11-12,14,22H,7-10H2,1-4H3,(H,21,24). The number of methoxy groups -OCH3 is 1. The van der Waals surface area contributed by atoms with Crippen LogP contribution in [0.1, 0.15) is 50.4 Å². The second-order valence-electron chi connectivity index (χ2n) is 7.58. The zero-order chi connectivity index (χ0) is 19.3. The first kappa shape index (κ1) is 20.4. The largest absolute Gasteiger partial charge is 0.465 e. The van der Waals surface area contributed by atoms with Crippen LogP contribution in [0.3, 0.4) is 0 Å². The number of anilines is 1. The van der Waals surface area contributed by atoms with Gasteiger partial charge in [-0.3, -0.25) is 0 Å². The fraction of sp³-hybridized carbons (Fsp3) is 0.579. The summed E-state index contributed by atoms with van der Waals surface area (Å²) in [5.41, 5.74) is 0.691. The number of ether oxygens (including phenoxy) is 2. The summed E-state index contributed by atoms with van der Waals surface area (Å²) in [6.45, 7) is 6.12. The number of hydrogen-bond acceptors (Lipinski definition) is 5. The number of benzene rings is 1. The molecule has 1 aliphatic rings. The molecule has 6 nitrogen and oxygen atoms in total. The molecule has 0 radical (unpaired) electrons. The summed E-state index contributed by atoms with van der Waals surface area (Å²) in [7, 11) is 1.36. The van der Waals surface area contributed by atoms with E-state index >= 15 is 0 Å². The third-order valence-electron chi connectivity index (χ3n) is 4.20. The summed E-state index contributed by atoms with van der Waals surface area (Å²) >= 11 is 6.04. The second kappa shape index (κ2) is 8.62. The van der Waals surface area contributed by atoms with Crippen LogP contribution in [-0.2, 0) is 9.47 Å². The number of hydrogen-bond donors (Lipinski definition) is 2. The first-order chi connectivity index (χ1) is 12.2. The van der Waals surface area contributed by atoms with Gasteiger partial charge >= 0.3 is 12.1 Å². The van der Waals surface area contributed by atoms with Gasteiger partial charge in [0.25, 0.3) is 0 Å². The van der Waals surface area contributed by atoms with E-state index in [9.17, 15) is 9.59 Å². The Morgan fingerprint density at radius 1 is 1.27 bits per heavy atom. The Balaban J connectivity index is 1.75. The Labute approximate surface area is 159 Å². The summed E-state index contributed by atoms with van der Waals surface area (Å²) in [5.74, 6) is 0.143. The fourth-order valence-corrected chi connectivity index (χ4v) is 3.10. The molecular formula is C19H27ClN2O4. The number of esters is 1. The number of halogens is 1. The van der Waals surface area contributed by atoms with Crippen molar-refractivity contribution >= 4 is 29.4 Å². The van der Waals surface area contributed by atoms with E-state index in [-0.39, 0.29) is 18.1 Å². The Morgan fingerprint density at radius 2 is 1.96 bits per heavy atom. The lowest BCUT2D eigenvalue weighted by molar-refractivity contribution is 0.0521. The Kier molecular flexibility index (Phi) is 6.75. The van der Waals surface area contributed by atoms with Crippen molar-refractivity contribution in [3.8, 4) is 0 Å². The first-order valence-corrected chi connectivity index (χ1v) is 9.17. The molecule has 0 spiro atoms. The smallest absolute Gasteiger partial charge is 0.407 e. The van der Waals surface area contributed by atoms with Crippen LogP contribution in [-0.4, -0.2) is 37.4 Å². The van der Waals surface area contributed by atoms with Gasteiger partial charge in [0, 0.05) is 17.6 Å². The first-order valence-electron chi connectivity index (χ1n) is 8.79. The van der Waals surface area contributed by atoms with Gasteiger partial charge in [-0.2, -0.15) is 0 Å². The normalized spacial score (nSPS) is 19.3. The maximum Gasteiger partial charge on any atom is 0.407 e. The molecule has 1 aromatic rings. The third kappa shape index (κ3) is 6.09. The zero-order valence-electron chi connectivity index (χ0n) is 15.7. The van der Waals surface area contributed by atoms with Crippen molar-refractivity contribution in [2.75, 3.05) is 19.0 Å². The van der Waals surface area contributed by atoms with Crippen molar-refractivity contribution in [1.82, 2.24) is 5.32 Å². The molecule has 0 unspecified atom stereocenters. The summed E-state index contributed by atoms with van der Waals surface area (Å²) < 4.78 is 10.0. The quantitative estimate of drug-likeness (QED) is 0.720. The molecule has 1 fully saturated rings. The molecule has 0 bridgehead atoms. The highest BCUT2D eigenvalue weighted by atomic mass is 35.5. The molecule has 144 valence electrons. The molecule has 0 atom stereocenters. The Bertz CT molecular complexity index is 651. The molecule has 2 rings (SSSR count). The van der Waals surface area contributed by atoms with Gasteiger partial charge in [-0.25, -0.2) is 9.59 Å². The van der Waals surface area contributed by atoms with E-state index in [0.717, 1.165) is 19.3 Å². The molecule has 0 aromatic heterocycles. The summed E-state index contributed by atoms with van der Waals surface area (Å²) in [6.07, 6.45) is 2.47. The minimum Gasteiger partial charge on any atom is -0.465 e. The molecule has 0 saturated heterocycles. The molecule has 2 N–H and O–H groups in total. The summed E-state index contributed by atoms with van der Waals surface area (Å²) in [5, 5.41) is 6.71. The second-order valence-corrected chi connectivity index (χ2v) is 8.01. The van der Waals surface area contributed by atoms with Crippen molar-refractivity contribution in [1.29, 1.82) is 0 Å². The third-order valence-corrected chi connectivity index (χ3v) is 4.44. The summed E-state index contributed by atoms with van der Waals surface area (Å²) in [6, 6.07) is 5.36. The van der Waals surface area contributed by atoms with Crippen LogP contribution in [0.4, 0.5) is 10.5 Å². The molecule has 7 heteroatoms. The van der Waals surface area contributed by atoms with Gasteiger partial charge in [0.05, 0.1) is 18.4 Å². The minimum atomic E-state index is -0.482. The number of amides is 1. The van der Waals surface area contributed by atoms with Crippen LogP contribution in [0.2, 0.25) is 5.02 Å². The topological polar surface area (TPSA) is 76.7 Å². The highest BCUT2D eigenvalue weighted by molar-refractivity contribution is 6.31. The lowest BCUT2D eigenvalue weighted by Gasteiger charge is -2.37. The number of nitrogens with one attached hydrogen (secondary N) is 2. The van der Waals surface area contributed by atoms with Gasteiger partial charge in [-0.1, -0.05) is 11.6 Å². The van der Waals surface area contributed by atoms with Crippen molar-refractivity contribution in [2.24, 2.45) is 5.92 Å². The van der Waals surface area contributed by atoms with Gasteiger partial charge in [-0.05, 0) is 64.2 Å². The number of carbonyl (C=O) groups is 2. The minimum absolute atomic E-state index is 0.281. The molecule has 26 heavy (non-hydrogen) atoms. The SMILES string of the molecule is COC(=O)c1ccc(Cl)cc1NC1CC(CCNC(=O)OC(C)(C)C)C1. The highest BCUT2D eigenvalue weighted by Crippen LogP contribution is 2.34. The molecular weight excluding hydrogens is 356 g/mol. The van der Waals surface area contributed by atoms with E-state index < -0.39 is 5.60 Å². The maximum absolute atomic E-state index is 11.8. The molecule has 1 aliphatic carbocycles. The molecule has 0 heterocycles. The molecule has 0 aliphatic heterocycles. The molecule has 1 saturated carbocycles. The molecule has 1 amide bonds. The van der Waals surface area contributed by atoms with Gasteiger partial charge in [0.15, 0.2) is 0 Å². The van der Waals surface area contributed by atoms with Gasteiger partial charge in [0.2, 0.25) is 0 Å². The van der Waals surface area contributed by atoms with Crippen LogP contribution in [0.15, 0.2) is 18.2 Å². The van der Waals surface area contributed by atoms with E-state index in [1.807, 2.05) is 20.8 Å². The van der Waals surface area contributed by atoms with Crippen molar-refractivity contribution in [2.45, 2.75) is 51.7 Å². The number of carbonyl (C=O) groups excluding carboxylic acids is 2. The van der Waals surface area contributed by atoms with Crippen LogP contribution in [0.25, 0.3) is 0 Å². The Morgan fingerprint density at radius 3 is 2.58 bits per heavy atom. The van der Waals surface area contributed by atoms with Crippen molar-refractivity contribution in [3.63, 3.8) is 0 Å². The maximum atomic E-state index is 11.8. The van der Waals surface area contributed by atoms with E-state index in [1.165, 1.54) is 7.11 Å². The van der Waals surface area contributed by atoms with E-state index in [2.05, 4.69) is 10.6 Å². The number of alkyl carbamates (subject to hydrolysis) is 1. The predicted molar refractivity (Wildman–Crippen MR) is 102 cm³/mol. The van der Waals surface area contributed by atoms with E-state index in [1.54, 1.807) is 18.2 Å². The van der Waals surface area contributed by atoms with Crippen LogP contribution < -0.4 is 10.6 Å². The predicted octanol–water partition coefficient (Wildman–Crippen LogP) is 4.23. The average molecular weight is 383 g/mol. The van der Waals surface area contributed by atoms with Crippen LogP contribution in [0.5, 0.6) is 0 Å². The van der Waals surface area contributed by atoms with Crippen molar-refractivity contribution < 1.29 is 19.1 Å². The van der Waals surface area contributed by atoms with E-state index in [4.69, 9.17) is 21.1 Å². The monoisotopic (exact) mass is 382 g/mol. The number of rotatable bonds is 6. The lowest BCUT2D eigenvalue weighted by atomic mass is 9.78. The van der Waals surface area contributed by atoms with Gasteiger partial charge < -0.3 is 20.1 Å². The molecule has 1 aromatic carbocycles. The van der Waals surface area contributed by atoms with Crippen LogP contribution in [0, 0.1) is 5.92 Å². The fourth-order valence-electron chi connectivity index (χ4n) is 2.93. The van der Waals surface area contributed by atoms with Gasteiger partial charge in [-0.15, -0.1) is 0 Å². The van der Waals surface area contributed by atoms with Gasteiger partial charge in [0.1, 0.15) is 5.60 Å². The highest BCUT2D eigenvalue weighted by Gasteiger charge is 2.30. The summed E-state index contributed by atoms with van der Waals surface area (Å²) in [4.78, 5) is 23.5. The van der Waals surface area contributed by atoms with Crippen molar-refractivity contribution in [3.05, 3.63) is 28.8 Å². The average Bonchev–Trinajstić information content (AvgIpc) is 2.50. The van der Waals surface area contributed by atoms with Crippen LogP contribution >= 0.6 is 11.6 Å². The zero-order valence-corrected chi connectivity index (χ0v) is 16.5. The Hall–Kier alpha value is -1.95.